The van der Waals surface area contributed by atoms with Crippen molar-refractivity contribution in [2.45, 2.75) is 25.0 Å². The van der Waals surface area contributed by atoms with E-state index in [9.17, 15) is 14.4 Å². The molecule has 0 aromatic carbocycles. The van der Waals surface area contributed by atoms with Crippen LogP contribution in [0.4, 0.5) is 0 Å². The predicted molar refractivity (Wildman–Crippen MR) is 60.9 cm³/mol. The fourth-order valence-electron chi connectivity index (χ4n) is 1.63. The van der Waals surface area contributed by atoms with Crippen molar-refractivity contribution in [3.05, 3.63) is 0 Å². The number of hydrogen-bond acceptors (Lipinski definition) is 8. The molecular formula is C11H17NO7. The highest BCUT2D eigenvalue weighted by molar-refractivity contribution is 6.31. The van der Waals surface area contributed by atoms with E-state index < -0.39 is 23.9 Å². The summed E-state index contributed by atoms with van der Waals surface area (Å²) in [6.07, 6.45) is 1.02. The van der Waals surface area contributed by atoms with Crippen LogP contribution < -0.4 is 5.32 Å². The predicted octanol–water partition coefficient (Wildman–Crippen LogP) is -1.03. The van der Waals surface area contributed by atoms with Crippen molar-refractivity contribution in [1.82, 2.24) is 5.32 Å². The molecule has 8 heteroatoms. The Labute approximate surface area is 110 Å². The second-order valence-corrected chi connectivity index (χ2v) is 3.93. The third kappa shape index (κ3) is 4.93. The Morgan fingerprint density at radius 2 is 1.89 bits per heavy atom. The first-order valence-corrected chi connectivity index (χ1v) is 5.76. The van der Waals surface area contributed by atoms with E-state index in [1.165, 1.54) is 7.11 Å². The van der Waals surface area contributed by atoms with Crippen molar-refractivity contribution >= 4 is 17.9 Å². The summed E-state index contributed by atoms with van der Waals surface area (Å²) in [7, 11) is 2.56. The molecule has 1 rings (SSSR count). The van der Waals surface area contributed by atoms with Gasteiger partial charge in [0.25, 0.3) is 0 Å². The molecule has 1 saturated heterocycles. The van der Waals surface area contributed by atoms with E-state index in [0.717, 1.165) is 7.11 Å². The Bertz CT molecular complexity index is 336. The van der Waals surface area contributed by atoms with Crippen molar-refractivity contribution in [2.75, 3.05) is 27.6 Å². The molecule has 0 radical (unpaired) electrons. The molecule has 0 aromatic rings. The molecule has 1 heterocycles. The zero-order valence-electron chi connectivity index (χ0n) is 10.8. The summed E-state index contributed by atoms with van der Waals surface area (Å²) < 4.78 is 18.6. The lowest BCUT2D eigenvalue weighted by Gasteiger charge is -2.27. The molecule has 2 atom stereocenters. The number of methoxy groups -OCH3 is 2. The van der Waals surface area contributed by atoms with Gasteiger partial charge >= 0.3 is 17.9 Å². The number of hydrogen-bond donors (Lipinski definition) is 1. The van der Waals surface area contributed by atoms with Crippen molar-refractivity contribution in [1.29, 1.82) is 0 Å². The van der Waals surface area contributed by atoms with Gasteiger partial charge in [0.2, 0.25) is 0 Å². The van der Waals surface area contributed by atoms with Gasteiger partial charge in [0.1, 0.15) is 12.8 Å². The number of piperidine rings is 1. The van der Waals surface area contributed by atoms with Crippen LogP contribution in [0.25, 0.3) is 0 Å². The summed E-state index contributed by atoms with van der Waals surface area (Å²) in [4.78, 5) is 33.4. The monoisotopic (exact) mass is 275 g/mol. The zero-order chi connectivity index (χ0) is 14.3. The Morgan fingerprint density at radius 1 is 1.16 bits per heavy atom. The topological polar surface area (TPSA) is 100 Å². The number of rotatable bonds is 4. The van der Waals surface area contributed by atoms with Crippen LogP contribution in [0.2, 0.25) is 0 Å². The molecular weight excluding hydrogens is 258 g/mol. The Balaban J connectivity index is 2.32. The van der Waals surface area contributed by atoms with E-state index in [-0.39, 0.29) is 12.9 Å². The summed E-state index contributed by atoms with van der Waals surface area (Å²) in [6, 6.07) is -0.629. The minimum atomic E-state index is -1.31. The van der Waals surface area contributed by atoms with Gasteiger partial charge in [0, 0.05) is 13.7 Å². The first kappa shape index (κ1) is 15.5. The number of esters is 3. The highest BCUT2D eigenvalue weighted by Crippen LogP contribution is 2.12. The summed E-state index contributed by atoms with van der Waals surface area (Å²) in [5.74, 6) is -3.31. The van der Waals surface area contributed by atoms with Crippen molar-refractivity contribution < 1.29 is 33.3 Å². The molecule has 1 fully saturated rings. The van der Waals surface area contributed by atoms with E-state index in [2.05, 4.69) is 14.8 Å². The molecule has 108 valence electrons. The number of carbonyl (C=O) groups is 3. The van der Waals surface area contributed by atoms with Crippen LogP contribution in [-0.2, 0) is 33.3 Å². The lowest BCUT2D eigenvalue weighted by atomic mass is 10.0. The molecule has 8 nitrogen and oxygen atoms in total. The molecule has 0 amide bonds. The van der Waals surface area contributed by atoms with Crippen LogP contribution in [0.15, 0.2) is 0 Å². The maximum absolute atomic E-state index is 11.6. The van der Waals surface area contributed by atoms with Gasteiger partial charge < -0.3 is 24.3 Å². The van der Waals surface area contributed by atoms with Crippen LogP contribution in [-0.4, -0.2) is 57.6 Å². The largest absolute Gasteiger partial charge is 0.461 e. The maximum Gasteiger partial charge on any atom is 0.425 e. The lowest BCUT2D eigenvalue weighted by molar-refractivity contribution is -0.173. The minimum Gasteiger partial charge on any atom is -0.461 e. The van der Waals surface area contributed by atoms with Crippen LogP contribution in [0.1, 0.15) is 12.8 Å². The third-order valence-corrected chi connectivity index (χ3v) is 2.62. The Hall–Kier alpha value is -1.51. The molecule has 0 aliphatic carbocycles. The molecule has 1 aliphatic rings. The second-order valence-electron chi connectivity index (χ2n) is 3.93. The van der Waals surface area contributed by atoms with Gasteiger partial charge in [0.15, 0.2) is 0 Å². The molecule has 1 aliphatic heterocycles. The molecule has 0 aromatic heterocycles. The van der Waals surface area contributed by atoms with Gasteiger partial charge in [-0.05, 0) is 12.8 Å². The second kappa shape index (κ2) is 7.82. The van der Waals surface area contributed by atoms with Gasteiger partial charge in [-0.15, -0.1) is 0 Å². The lowest BCUT2D eigenvalue weighted by Crippen LogP contribution is -2.48. The van der Waals surface area contributed by atoms with Gasteiger partial charge in [-0.3, -0.25) is 0 Å². The van der Waals surface area contributed by atoms with Gasteiger partial charge in [-0.1, -0.05) is 0 Å². The fourth-order valence-corrected chi connectivity index (χ4v) is 1.63. The van der Waals surface area contributed by atoms with Gasteiger partial charge in [0.05, 0.1) is 13.2 Å². The van der Waals surface area contributed by atoms with E-state index in [1.807, 2.05) is 0 Å². The van der Waals surface area contributed by atoms with E-state index >= 15 is 0 Å². The highest BCUT2D eigenvalue weighted by atomic mass is 16.7. The van der Waals surface area contributed by atoms with Crippen molar-refractivity contribution in [3.8, 4) is 0 Å². The maximum atomic E-state index is 11.6. The van der Waals surface area contributed by atoms with Gasteiger partial charge in [-0.25, -0.2) is 14.4 Å². The van der Waals surface area contributed by atoms with Crippen LogP contribution in [0.5, 0.6) is 0 Å². The van der Waals surface area contributed by atoms with E-state index in [1.54, 1.807) is 0 Å². The quantitative estimate of drug-likeness (QED) is 0.301. The van der Waals surface area contributed by atoms with Crippen molar-refractivity contribution in [3.63, 3.8) is 0 Å². The van der Waals surface area contributed by atoms with Crippen LogP contribution in [0, 0.1) is 0 Å². The van der Waals surface area contributed by atoms with Crippen molar-refractivity contribution in [2.24, 2.45) is 0 Å². The molecule has 0 spiro atoms. The minimum absolute atomic E-state index is 0.0553. The fraction of sp³-hybridized carbons (Fsp3) is 0.727. The SMILES string of the molecule is COCO[C@@H]1CC[C@@H](C(=O)OC(=O)C(=O)OC)NC1. The third-order valence-electron chi connectivity index (χ3n) is 2.62. The average Bonchev–Trinajstić information content (AvgIpc) is 2.44. The van der Waals surface area contributed by atoms with Gasteiger partial charge in [-0.2, -0.15) is 0 Å². The average molecular weight is 275 g/mol. The zero-order valence-corrected chi connectivity index (χ0v) is 10.8. The normalized spacial score (nSPS) is 22.6. The van der Waals surface area contributed by atoms with E-state index in [4.69, 9.17) is 9.47 Å². The molecule has 0 bridgehead atoms. The van der Waals surface area contributed by atoms with Crippen LogP contribution in [0.3, 0.4) is 0 Å². The number of nitrogens with one attached hydrogen (secondary N) is 1. The first-order chi connectivity index (χ1) is 9.08. The Kier molecular flexibility index (Phi) is 6.40. The first-order valence-electron chi connectivity index (χ1n) is 5.76. The molecule has 1 N–H and O–H groups in total. The summed E-state index contributed by atoms with van der Waals surface area (Å²) >= 11 is 0. The van der Waals surface area contributed by atoms with Crippen LogP contribution >= 0.6 is 0 Å². The summed E-state index contributed by atoms with van der Waals surface area (Å²) in [5.41, 5.74) is 0. The highest BCUT2D eigenvalue weighted by Gasteiger charge is 2.30. The standard InChI is InChI=1S/C11H17NO7/c1-16-6-18-7-3-4-8(12-5-7)9(13)19-11(15)10(14)17-2/h7-8,12H,3-6H2,1-2H3/t7-,8+/m1/s1. The van der Waals surface area contributed by atoms with E-state index in [0.29, 0.717) is 19.4 Å². The molecule has 0 saturated carbocycles. The number of ether oxygens (including phenoxy) is 4. The molecule has 0 unspecified atom stereocenters. The summed E-state index contributed by atoms with van der Waals surface area (Å²) in [6.45, 7) is 0.623. The Morgan fingerprint density at radius 3 is 2.42 bits per heavy atom. The smallest absolute Gasteiger partial charge is 0.425 e. The number of carbonyl (C=O) groups excluding carboxylic acids is 3. The molecule has 19 heavy (non-hydrogen) atoms. The summed E-state index contributed by atoms with van der Waals surface area (Å²) in [5, 5.41) is 2.88.